The van der Waals surface area contributed by atoms with Gasteiger partial charge in [-0.05, 0) is 70.8 Å². The third-order valence-corrected chi connectivity index (χ3v) is 15.9. The SMILES string of the molecule is C=C(SC(=C)c1sc(-c2ccc(-c3cc(CC(=O)O)c(-c4ccc(-c5sc(F)cc5CC(=O)O)s4)s3)s2)cc1CC(=O)O)c1sc(F)cc1CC(=O)O. The number of rotatable bonds is 16. The molecule has 17 heteroatoms. The van der Waals surface area contributed by atoms with E-state index in [1.54, 1.807) is 12.1 Å². The molecule has 0 aromatic carbocycles. The zero-order valence-corrected chi connectivity index (χ0v) is 32.6. The predicted octanol–water partition coefficient (Wildman–Crippen LogP) is 10.9. The van der Waals surface area contributed by atoms with Gasteiger partial charge in [-0.2, -0.15) is 8.78 Å². The van der Waals surface area contributed by atoms with Crippen LogP contribution in [0.3, 0.4) is 0 Å². The topological polar surface area (TPSA) is 149 Å². The van der Waals surface area contributed by atoms with Gasteiger partial charge < -0.3 is 20.4 Å². The molecular formula is C36H24F2O8S7. The Kier molecular flexibility index (Phi) is 11.6. The molecule has 0 saturated heterocycles. The predicted molar refractivity (Wildman–Crippen MR) is 213 cm³/mol. The van der Waals surface area contributed by atoms with Crippen LogP contribution in [0.2, 0.25) is 0 Å². The van der Waals surface area contributed by atoms with E-state index in [0.29, 0.717) is 51.6 Å². The second kappa shape index (κ2) is 16.0. The van der Waals surface area contributed by atoms with E-state index in [1.807, 2.05) is 24.3 Å². The monoisotopic (exact) mass is 846 g/mol. The highest BCUT2D eigenvalue weighted by Crippen LogP contribution is 2.49. The number of carboxylic acid groups (broad SMARTS) is 4. The third kappa shape index (κ3) is 8.95. The Labute approximate surface area is 328 Å². The molecule has 0 aliphatic rings. The van der Waals surface area contributed by atoms with Gasteiger partial charge in [0.05, 0.1) is 30.6 Å². The van der Waals surface area contributed by atoms with Crippen LogP contribution >= 0.6 is 79.8 Å². The van der Waals surface area contributed by atoms with Crippen molar-refractivity contribution in [2.24, 2.45) is 0 Å². The largest absolute Gasteiger partial charge is 0.481 e. The number of hydrogen-bond donors (Lipinski definition) is 4. The van der Waals surface area contributed by atoms with Crippen molar-refractivity contribution in [3.63, 3.8) is 0 Å². The summed E-state index contributed by atoms with van der Waals surface area (Å²) in [5.74, 6) is -4.24. The highest BCUT2D eigenvalue weighted by atomic mass is 32.2. The average Bonchev–Trinajstić information content (AvgIpc) is 3.89. The van der Waals surface area contributed by atoms with E-state index in [2.05, 4.69) is 13.2 Å². The van der Waals surface area contributed by atoms with Gasteiger partial charge in [0.15, 0.2) is 10.3 Å². The van der Waals surface area contributed by atoms with Crippen LogP contribution in [0, 0.1) is 10.3 Å². The second-order valence-electron chi connectivity index (χ2n) is 11.3. The maximum atomic E-state index is 14.2. The number of carbonyl (C=O) groups is 4. The Hall–Kier alpha value is -4.23. The minimum absolute atomic E-state index is 0.233. The van der Waals surface area contributed by atoms with Crippen LogP contribution in [0.1, 0.15) is 32.0 Å². The first-order chi connectivity index (χ1) is 25.1. The molecule has 0 unspecified atom stereocenters. The van der Waals surface area contributed by atoms with E-state index in [1.165, 1.54) is 57.5 Å². The van der Waals surface area contributed by atoms with Crippen LogP contribution in [0.25, 0.3) is 48.8 Å². The average molecular weight is 847 g/mol. The van der Waals surface area contributed by atoms with Crippen molar-refractivity contribution in [3.8, 4) is 39.0 Å². The molecule has 0 saturated carbocycles. The van der Waals surface area contributed by atoms with E-state index >= 15 is 0 Å². The smallest absolute Gasteiger partial charge is 0.307 e. The molecule has 0 bridgehead atoms. The summed E-state index contributed by atoms with van der Waals surface area (Å²) in [6.45, 7) is 8.17. The van der Waals surface area contributed by atoms with Gasteiger partial charge in [-0.25, -0.2) is 0 Å². The van der Waals surface area contributed by atoms with E-state index in [-0.39, 0.29) is 25.7 Å². The standard InChI is InChI=1S/C36H24F2O8S7/c1-15(47-16(2)34-19(13-31(43)44)9-27(37)52-34)33-17(11-29(39)40)7-25(50-33)21-3-4-22(48-21)26-8-18(12-30(41)42)35(51-26)23-5-6-24(49-23)36-20(14-32(45)46)10-28(38)53-36/h3-10H,1-2,11-14H2,(H,39,40)(H,41,42)(H,43,44)(H,45,46). The van der Waals surface area contributed by atoms with Crippen LogP contribution in [-0.2, 0) is 44.9 Å². The molecule has 272 valence electrons. The first-order valence-corrected chi connectivity index (χ1v) is 20.8. The summed E-state index contributed by atoms with van der Waals surface area (Å²) in [4.78, 5) is 54.2. The normalized spacial score (nSPS) is 11.2. The van der Waals surface area contributed by atoms with Crippen molar-refractivity contribution in [1.82, 2.24) is 0 Å². The summed E-state index contributed by atoms with van der Waals surface area (Å²) in [6, 6.07) is 13.4. The first kappa shape index (κ1) is 38.5. The van der Waals surface area contributed by atoms with Crippen LogP contribution in [-0.4, -0.2) is 44.3 Å². The van der Waals surface area contributed by atoms with Gasteiger partial charge in [-0.1, -0.05) is 24.9 Å². The number of aliphatic carboxylic acids is 4. The van der Waals surface area contributed by atoms with Gasteiger partial charge in [0.1, 0.15) is 0 Å². The molecule has 0 fully saturated rings. The summed E-state index contributed by atoms with van der Waals surface area (Å²) < 4.78 is 28.3. The fourth-order valence-electron chi connectivity index (χ4n) is 5.38. The maximum Gasteiger partial charge on any atom is 0.307 e. The van der Waals surface area contributed by atoms with Crippen LogP contribution in [0.5, 0.6) is 0 Å². The van der Waals surface area contributed by atoms with Crippen molar-refractivity contribution in [1.29, 1.82) is 0 Å². The molecule has 6 aromatic rings. The van der Waals surface area contributed by atoms with Gasteiger partial charge in [0.2, 0.25) is 0 Å². The number of hydrogen-bond acceptors (Lipinski definition) is 11. The number of thiophene rings is 6. The molecular weight excluding hydrogens is 823 g/mol. The zero-order chi connectivity index (χ0) is 38.1. The van der Waals surface area contributed by atoms with E-state index in [9.17, 15) is 48.4 Å². The molecule has 0 atom stereocenters. The van der Waals surface area contributed by atoms with E-state index in [4.69, 9.17) is 0 Å². The molecule has 0 amide bonds. The summed E-state index contributed by atoms with van der Waals surface area (Å²) in [6.07, 6.45) is -1.21. The van der Waals surface area contributed by atoms with Crippen molar-refractivity contribution in [2.75, 3.05) is 0 Å². The molecule has 0 spiro atoms. The quantitative estimate of drug-likeness (QED) is 0.0747. The lowest BCUT2D eigenvalue weighted by Crippen LogP contribution is -2.01. The Morgan fingerprint density at radius 1 is 0.491 bits per heavy atom. The Balaban J connectivity index is 1.29. The third-order valence-electron chi connectivity index (χ3n) is 7.44. The first-order valence-electron chi connectivity index (χ1n) is 15.1. The molecule has 6 heterocycles. The van der Waals surface area contributed by atoms with E-state index in [0.717, 1.165) is 63.7 Å². The van der Waals surface area contributed by atoms with Crippen LogP contribution in [0.15, 0.2) is 61.7 Å². The van der Waals surface area contributed by atoms with Gasteiger partial charge in [-0.3, -0.25) is 19.2 Å². The molecule has 0 aliphatic heterocycles. The molecule has 6 rings (SSSR count). The summed E-state index contributed by atoms with van der Waals surface area (Å²) in [5, 5.41) is 36.9. The molecule has 0 aliphatic carbocycles. The molecule has 6 aromatic heterocycles. The molecule has 4 N–H and O–H groups in total. The number of halogens is 2. The van der Waals surface area contributed by atoms with Crippen molar-refractivity contribution < 1.29 is 48.4 Å². The number of thioether (sulfide) groups is 1. The second-order valence-corrected chi connectivity index (χ2v) is 18.8. The lowest BCUT2D eigenvalue weighted by atomic mass is 10.1. The maximum absolute atomic E-state index is 14.2. The summed E-state index contributed by atoms with van der Waals surface area (Å²) in [5.41, 5.74) is 1.78. The van der Waals surface area contributed by atoms with Crippen molar-refractivity contribution >= 4 is 113 Å². The zero-order valence-electron chi connectivity index (χ0n) is 26.9. The van der Waals surface area contributed by atoms with Gasteiger partial charge in [0.25, 0.3) is 0 Å². The lowest BCUT2D eigenvalue weighted by molar-refractivity contribution is -0.137. The van der Waals surface area contributed by atoms with Crippen molar-refractivity contribution in [3.05, 3.63) is 104 Å². The van der Waals surface area contributed by atoms with Crippen LogP contribution < -0.4 is 0 Å². The lowest BCUT2D eigenvalue weighted by Gasteiger charge is -2.09. The highest BCUT2D eigenvalue weighted by Gasteiger charge is 2.23. The minimum Gasteiger partial charge on any atom is -0.481 e. The van der Waals surface area contributed by atoms with Gasteiger partial charge in [-0.15, -0.1) is 68.0 Å². The highest BCUT2D eigenvalue weighted by molar-refractivity contribution is 8.16. The fraction of sp³-hybridized carbons (Fsp3) is 0.111. The Bertz CT molecular complexity index is 2440. The molecule has 0 radical (unpaired) electrons. The number of carboxylic acids is 4. The molecule has 53 heavy (non-hydrogen) atoms. The Morgan fingerprint density at radius 2 is 0.868 bits per heavy atom. The van der Waals surface area contributed by atoms with Gasteiger partial charge >= 0.3 is 23.9 Å². The van der Waals surface area contributed by atoms with E-state index < -0.39 is 34.1 Å². The Morgan fingerprint density at radius 3 is 1.43 bits per heavy atom. The fourth-order valence-corrected chi connectivity index (χ4v) is 13.0. The van der Waals surface area contributed by atoms with Crippen LogP contribution in [0.4, 0.5) is 8.78 Å². The molecule has 8 nitrogen and oxygen atoms in total. The summed E-state index contributed by atoms with van der Waals surface area (Å²) >= 11 is 8.28. The van der Waals surface area contributed by atoms with Crippen molar-refractivity contribution in [2.45, 2.75) is 25.7 Å². The summed E-state index contributed by atoms with van der Waals surface area (Å²) in [7, 11) is 0. The van der Waals surface area contributed by atoms with Gasteiger partial charge in [0, 0.05) is 53.7 Å². The minimum atomic E-state index is -1.11.